The number of benzene rings is 2. The van der Waals surface area contributed by atoms with Crippen molar-refractivity contribution in [2.24, 2.45) is 0 Å². The van der Waals surface area contributed by atoms with Crippen LogP contribution < -0.4 is 14.8 Å². The fourth-order valence-electron chi connectivity index (χ4n) is 3.82. The topological polar surface area (TPSA) is 85.6 Å². The molecular formula is C22H23N3O4. The van der Waals surface area contributed by atoms with Gasteiger partial charge in [0, 0.05) is 17.9 Å². The number of ether oxygens (including phenoxy) is 2. The Balaban J connectivity index is 1.88. The second kappa shape index (κ2) is 7.16. The molecule has 1 aromatic heterocycles. The number of methoxy groups -OCH3 is 2. The summed E-state index contributed by atoms with van der Waals surface area (Å²) < 4.78 is 12.4. The maximum absolute atomic E-state index is 12.6. The zero-order valence-corrected chi connectivity index (χ0v) is 16.8. The molecule has 0 aliphatic carbocycles. The highest BCUT2D eigenvalue weighted by Crippen LogP contribution is 2.45. The number of amides is 1. The fourth-order valence-corrected chi connectivity index (χ4v) is 3.82. The summed E-state index contributed by atoms with van der Waals surface area (Å²) >= 11 is 0. The van der Waals surface area contributed by atoms with E-state index in [4.69, 9.17) is 14.6 Å². The summed E-state index contributed by atoms with van der Waals surface area (Å²) in [5, 5.41) is 17.9. The van der Waals surface area contributed by atoms with E-state index in [-0.39, 0.29) is 24.0 Å². The van der Waals surface area contributed by atoms with Crippen LogP contribution in [-0.2, 0) is 4.79 Å². The largest absolute Gasteiger partial charge is 0.502 e. The van der Waals surface area contributed by atoms with Crippen molar-refractivity contribution in [1.82, 2.24) is 9.78 Å². The van der Waals surface area contributed by atoms with Crippen LogP contribution in [0.2, 0.25) is 0 Å². The maximum atomic E-state index is 12.6. The quantitative estimate of drug-likeness (QED) is 0.706. The van der Waals surface area contributed by atoms with Gasteiger partial charge in [-0.3, -0.25) is 4.79 Å². The molecule has 1 aliphatic heterocycles. The van der Waals surface area contributed by atoms with Crippen molar-refractivity contribution >= 4 is 11.7 Å². The summed E-state index contributed by atoms with van der Waals surface area (Å²) in [6, 6.07) is 11.5. The minimum absolute atomic E-state index is 0.0636. The van der Waals surface area contributed by atoms with Crippen molar-refractivity contribution in [2.45, 2.75) is 26.2 Å². The number of nitrogens with one attached hydrogen (secondary N) is 1. The highest BCUT2D eigenvalue weighted by molar-refractivity contribution is 5.95. The summed E-state index contributed by atoms with van der Waals surface area (Å²) in [6.45, 7) is 3.96. The van der Waals surface area contributed by atoms with Crippen LogP contribution in [0.25, 0.3) is 5.69 Å². The van der Waals surface area contributed by atoms with Crippen LogP contribution in [-0.4, -0.2) is 35.0 Å². The van der Waals surface area contributed by atoms with Gasteiger partial charge in [0.1, 0.15) is 5.82 Å². The lowest BCUT2D eigenvalue weighted by molar-refractivity contribution is -0.116. The molecular weight excluding hydrogens is 370 g/mol. The van der Waals surface area contributed by atoms with E-state index >= 15 is 0 Å². The highest BCUT2D eigenvalue weighted by atomic mass is 16.5. The number of fused-ring (bicyclic) bond motifs is 1. The number of aromatic hydroxyl groups is 1. The van der Waals surface area contributed by atoms with Gasteiger partial charge in [-0.15, -0.1) is 0 Å². The molecule has 0 saturated heterocycles. The van der Waals surface area contributed by atoms with Crippen LogP contribution in [0.5, 0.6) is 17.2 Å². The van der Waals surface area contributed by atoms with E-state index in [1.807, 2.05) is 38.1 Å². The predicted molar refractivity (Wildman–Crippen MR) is 109 cm³/mol. The van der Waals surface area contributed by atoms with Gasteiger partial charge in [0.2, 0.25) is 11.7 Å². The lowest BCUT2D eigenvalue weighted by Crippen LogP contribution is -2.25. The summed E-state index contributed by atoms with van der Waals surface area (Å²) in [6.07, 6.45) is 0.268. The molecule has 150 valence electrons. The van der Waals surface area contributed by atoms with Gasteiger partial charge in [-0.25, -0.2) is 4.68 Å². The standard InChI is InChI=1S/C22H23N3O4/c1-12-5-7-15(8-6-12)25-22-20(13(2)24-25)16(11-19(26)23-22)14-9-17(28-3)21(27)18(10-14)29-4/h5-10,16,27H,11H2,1-4H3,(H,23,26). The maximum Gasteiger partial charge on any atom is 0.226 e. The Morgan fingerprint density at radius 2 is 1.72 bits per heavy atom. The molecule has 2 heterocycles. The number of aromatic nitrogens is 2. The highest BCUT2D eigenvalue weighted by Gasteiger charge is 2.33. The first kappa shape index (κ1) is 18.9. The number of carbonyl (C=O) groups is 1. The van der Waals surface area contributed by atoms with Crippen molar-refractivity contribution in [3.63, 3.8) is 0 Å². The Labute approximate surface area is 168 Å². The fraction of sp³-hybridized carbons (Fsp3) is 0.273. The van der Waals surface area contributed by atoms with E-state index in [0.717, 1.165) is 28.1 Å². The van der Waals surface area contributed by atoms with Gasteiger partial charge in [-0.1, -0.05) is 17.7 Å². The van der Waals surface area contributed by atoms with Crippen LogP contribution in [0.3, 0.4) is 0 Å². The van der Waals surface area contributed by atoms with Gasteiger partial charge in [0.15, 0.2) is 11.5 Å². The molecule has 0 bridgehead atoms. The van der Waals surface area contributed by atoms with Gasteiger partial charge in [0.25, 0.3) is 0 Å². The number of hydrogen-bond donors (Lipinski definition) is 2. The molecule has 7 nitrogen and oxygen atoms in total. The van der Waals surface area contributed by atoms with E-state index in [1.165, 1.54) is 14.2 Å². The van der Waals surface area contributed by atoms with Crippen LogP contribution in [0.4, 0.5) is 5.82 Å². The van der Waals surface area contributed by atoms with Gasteiger partial charge in [0.05, 0.1) is 25.6 Å². The van der Waals surface area contributed by atoms with Crippen molar-refractivity contribution in [3.8, 4) is 22.9 Å². The molecule has 2 N–H and O–H groups in total. The van der Waals surface area contributed by atoms with Crippen molar-refractivity contribution in [2.75, 3.05) is 19.5 Å². The first-order valence-electron chi connectivity index (χ1n) is 9.34. The molecule has 0 fully saturated rings. The van der Waals surface area contributed by atoms with Gasteiger partial charge < -0.3 is 19.9 Å². The lowest BCUT2D eigenvalue weighted by Gasteiger charge is -2.25. The summed E-state index contributed by atoms with van der Waals surface area (Å²) in [5.41, 5.74) is 4.62. The molecule has 0 spiro atoms. The molecule has 1 unspecified atom stereocenters. The average Bonchev–Trinajstić information content (AvgIpc) is 3.04. The van der Waals surface area contributed by atoms with Crippen LogP contribution in [0.15, 0.2) is 36.4 Å². The number of phenols is 1. The zero-order chi connectivity index (χ0) is 20.7. The third-order valence-electron chi connectivity index (χ3n) is 5.29. The Morgan fingerprint density at radius 1 is 1.10 bits per heavy atom. The smallest absolute Gasteiger partial charge is 0.226 e. The van der Waals surface area contributed by atoms with Crippen molar-refractivity contribution in [3.05, 3.63) is 58.8 Å². The van der Waals surface area contributed by atoms with Crippen molar-refractivity contribution < 1.29 is 19.4 Å². The second-order valence-corrected chi connectivity index (χ2v) is 7.17. The number of aryl methyl sites for hydroxylation is 2. The third kappa shape index (κ3) is 3.18. The predicted octanol–water partition coefficient (Wildman–Crippen LogP) is 3.69. The molecule has 0 saturated carbocycles. The minimum Gasteiger partial charge on any atom is -0.502 e. The van der Waals surface area contributed by atoms with Gasteiger partial charge in [-0.05, 0) is 43.7 Å². The molecule has 2 aromatic carbocycles. The minimum atomic E-state index is -0.235. The monoisotopic (exact) mass is 393 g/mol. The molecule has 3 aromatic rings. The molecule has 1 aliphatic rings. The summed E-state index contributed by atoms with van der Waals surface area (Å²) in [4.78, 5) is 12.6. The average molecular weight is 393 g/mol. The second-order valence-electron chi connectivity index (χ2n) is 7.17. The summed E-state index contributed by atoms with van der Waals surface area (Å²) in [5.74, 6) is 0.874. The molecule has 29 heavy (non-hydrogen) atoms. The van der Waals surface area contributed by atoms with E-state index < -0.39 is 0 Å². The van der Waals surface area contributed by atoms with E-state index in [0.29, 0.717) is 17.3 Å². The molecule has 4 rings (SSSR count). The Hall–Kier alpha value is -3.48. The molecule has 0 radical (unpaired) electrons. The first-order valence-corrected chi connectivity index (χ1v) is 9.34. The van der Waals surface area contributed by atoms with Crippen molar-refractivity contribution in [1.29, 1.82) is 0 Å². The summed E-state index contributed by atoms with van der Waals surface area (Å²) in [7, 11) is 2.97. The number of nitrogens with zero attached hydrogens (tertiary/aromatic N) is 2. The molecule has 7 heteroatoms. The van der Waals surface area contributed by atoms with E-state index in [9.17, 15) is 9.90 Å². The van der Waals surface area contributed by atoms with E-state index in [1.54, 1.807) is 16.8 Å². The molecule has 1 atom stereocenters. The lowest BCUT2D eigenvalue weighted by atomic mass is 9.85. The number of carbonyl (C=O) groups excluding carboxylic acids is 1. The van der Waals surface area contributed by atoms with Crippen LogP contribution in [0.1, 0.15) is 34.7 Å². The SMILES string of the molecule is COc1cc(C2CC(=O)Nc3c2c(C)nn3-c2ccc(C)cc2)cc(OC)c1O. The van der Waals surface area contributed by atoms with Gasteiger partial charge in [-0.2, -0.15) is 5.10 Å². The Kier molecular flexibility index (Phi) is 4.66. The number of hydrogen-bond acceptors (Lipinski definition) is 5. The van der Waals surface area contributed by atoms with Crippen LogP contribution in [0, 0.1) is 13.8 Å². The molecule has 1 amide bonds. The van der Waals surface area contributed by atoms with E-state index in [2.05, 4.69) is 5.32 Å². The van der Waals surface area contributed by atoms with Crippen LogP contribution >= 0.6 is 0 Å². The zero-order valence-electron chi connectivity index (χ0n) is 16.8. The number of rotatable bonds is 4. The van der Waals surface area contributed by atoms with Gasteiger partial charge >= 0.3 is 0 Å². The Morgan fingerprint density at radius 3 is 2.31 bits per heavy atom. The third-order valence-corrected chi connectivity index (χ3v) is 5.29. The first-order chi connectivity index (χ1) is 13.9. The number of anilines is 1. The normalized spacial score (nSPS) is 15.6. The number of phenolic OH excluding ortho intramolecular Hbond substituents is 1. The Bertz CT molecular complexity index is 1060.